The van der Waals surface area contributed by atoms with Crippen molar-refractivity contribution in [2.75, 3.05) is 13.7 Å². The Morgan fingerprint density at radius 3 is 2.71 bits per heavy atom. The van der Waals surface area contributed by atoms with Crippen molar-refractivity contribution in [3.8, 4) is 0 Å². The first-order valence-corrected chi connectivity index (χ1v) is 6.85. The third kappa shape index (κ3) is 4.28. The second-order valence-corrected chi connectivity index (χ2v) is 5.21. The van der Waals surface area contributed by atoms with Crippen LogP contribution in [-0.2, 0) is 9.53 Å². The highest BCUT2D eigenvalue weighted by molar-refractivity contribution is 5.76. The number of hydrogen-bond donors (Lipinski definition) is 2. The predicted octanol–water partition coefficient (Wildman–Crippen LogP) is 1.20. The van der Waals surface area contributed by atoms with Gasteiger partial charge in [0.25, 0.3) is 0 Å². The van der Waals surface area contributed by atoms with E-state index in [-0.39, 0.29) is 5.91 Å². The minimum Gasteiger partial charge on any atom is -0.380 e. The summed E-state index contributed by atoms with van der Waals surface area (Å²) < 4.78 is 5.47. The number of rotatable bonds is 6. The SMILES string of the molecule is COC1CCCCC1NCCC(=O)NC1CC1. The van der Waals surface area contributed by atoms with Crippen LogP contribution in [0.3, 0.4) is 0 Å². The molecule has 2 fully saturated rings. The van der Waals surface area contributed by atoms with Crippen molar-refractivity contribution in [2.45, 2.75) is 63.1 Å². The highest BCUT2D eigenvalue weighted by atomic mass is 16.5. The molecule has 0 heterocycles. The topological polar surface area (TPSA) is 50.4 Å². The van der Waals surface area contributed by atoms with E-state index in [0.29, 0.717) is 24.6 Å². The molecule has 2 atom stereocenters. The lowest BCUT2D eigenvalue weighted by Gasteiger charge is -2.31. The fourth-order valence-electron chi connectivity index (χ4n) is 2.51. The molecule has 0 radical (unpaired) electrons. The highest BCUT2D eigenvalue weighted by Crippen LogP contribution is 2.21. The molecule has 0 saturated heterocycles. The maximum atomic E-state index is 11.5. The number of carbonyl (C=O) groups excluding carboxylic acids is 1. The van der Waals surface area contributed by atoms with Gasteiger partial charge in [-0.2, -0.15) is 0 Å². The van der Waals surface area contributed by atoms with E-state index >= 15 is 0 Å². The van der Waals surface area contributed by atoms with E-state index < -0.39 is 0 Å². The van der Waals surface area contributed by atoms with Crippen molar-refractivity contribution >= 4 is 5.91 Å². The molecule has 0 aromatic rings. The number of hydrogen-bond acceptors (Lipinski definition) is 3. The number of nitrogens with one attached hydrogen (secondary N) is 2. The van der Waals surface area contributed by atoms with Crippen LogP contribution in [0, 0.1) is 0 Å². The maximum absolute atomic E-state index is 11.5. The zero-order valence-corrected chi connectivity index (χ0v) is 10.7. The van der Waals surface area contributed by atoms with Gasteiger partial charge >= 0.3 is 0 Å². The molecule has 98 valence electrons. The third-order valence-electron chi connectivity index (χ3n) is 3.71. The van der Waals surface area contributed by atoms with Crippen molar-refractivity contribution in [3.63, 3.8) is 0 Å². The van der Waals surface area contributed by atoms with Crippen LogP contribution < -0.4 is 10.6 Å². The molecule has 0 aliphatic heterocycles. The normalized spacial score (nSPS) is 29.0. The van der Waals surface area contributed by atoms with E-state index in [4.69, 9.17) is 4.74 Å². The predicted molar refractivity (Wildman–Crippen MR) is 66.8 cm³/mol. The molecular formula is C13H24N2O2. The molecule has 2 aliphatic rings. The second-order valence-electron chi connectivity index (χ2n) is 5.21. The van der Waals surface area contributed by atoms with Crippen molar-refractivity contribution < 1.29 is 9.53 Å². The standard InChI is InChI=1S/C13H24N2O2/c1-17-12-5-3-2-4-11(12)14-9-8-13(16)15-10-6-7-10/h10-12,14H,2-9H2,1H3,(H,15,16). The molecule has 2 N–H and O–H groups in total. The zero-order valence-electron chi connectivity index (χ0n) is 10.7. The average molecular weight is 240 g/mol. The molecule has 0 spiro atoms. The quantitative estimate of drug-likeness (QED) is 0.733. The van der Waals surface area contributed by atoms with E-state index in [9.17, 15) is 4.79 Å². The van der Waals surface area contributed by atoms with Crippen LogP contribution in [0.15, 0.2) is 0 Å². The van der Waals surface area contributed by atoms with Crippen LogP contribution in [0.2, 0.25) is 0 Å². The lowest BCUT2D eigenvalue weighted by Crippen LogP contribution is -2.44. The van der Waals surface area contributed by atoms with E-state index in [0.717, 1.165) is 25.8 Å². The van der Waals surface area contributed by atoms with Gasteiger partial charge < -0.3 is 15.4 Å². The Morgan fingerprint density at radius 2 is 2.00 bits per heavy atom. The lowest BCUT2D eigenvalue weighted by molar-refractivity contribution is -0.121. The maximum Gasteiger partial charge on any atom is 0.221 e. The van der Waals surface area contributed by atoms with Gasteiger partial charge in [0.05, 0.1) is 6.10 Å². The summed E-state index contributed by atoms with van der Waals surface area (Å²) in [4.78, 5) is 11.5. The van der Waals surface area contributed by atoms with E-state index in [1.54, 1.807) is 7.11 Å². The van der Waals surface area contributed by atoms with Crippen molar-refractivity contribution in [1.29, 1.82) is 0 Å². The Morgan fingerprint density at radius 1 is 1.24 bits per heavy atom. The Hall–Kier alpha value is -0.610. The third-order valence-corrected chi connectivity index (χ3v) is 3.71. The summed E-state index contributed by atoms with van der Waals surface area (Å²) in [6.45, 7) is 0.767. The van der Waals surface area contributed by atoms with Gasteiger partial charge in [0, 0.05) is 32.2 Å². The monoisotopic (exact) mass is 240 g/mol. The molecular weight excluding hydrogens is 216 g/mol. The summed E-state index contributed by atoms with van der Waals surface area (Å²) in [5, 5.41) is 6.47. The van der Waals surface area contributed by atoms with Gasteiger partial charge in [-0.3, -0.25) is 4.79 Å². The zero-order chi connectivity index (χ0) is 12.1. The summed E-state index contributed by atoms with van der Waals surface area (Å²) in [6, 6.07) is 0.909. The Kier molecular flexibility index (Phi) is 4.80. The number of methoxy groups -OCH3 is 1. The van der Waals surface area contributed by atoms with Gasteiger partial charge in [-0.15, -0.1) is 0 Å². The van der Waals surface area contributed by atoms with Crippen LogP contribution in [-0.4, -0.2) is 37.7 Å². The Bertz CT molecular complexity index is 254. The van der Waals surface area contributed by atoms with Crippen molar-refractivity contribution in [3.05, 3.63) is 0 Å². The molecule has 0 bridgehead atoms. The molecule has 4 heteroatoms. The Labute approximate surface area is 103 Å². The summed E-state index contributed by atoms with van der Waals surface area (Å²) >= 11 is 0. The molecule has 17 heavy (non-hydrogen) atoms. The fourth-order valence-corrected chi connectivity index (χ4v) is 2.51. The van der Waals surface area contributed by atoms with Crippen LogP contribution >= 0.6 is 0 Å². The summed E-state index contributed by atoms with van der Waals surface area (Å²) in [5.41, 5.74) is 0. The number of carbonyl (C=O) groups is 1. The number of amides is 1. The summed E-state index contributed by atoms with van der Waals surface area (Å²) in [5.74, 6) is 0.185. The first kappa shape index (κ1) is 12.8. The summed E-state index contributed by atoms with van der Waals surface area (Å²) in [7, 11) is 1.78. The van der Waals surface area contributed by atoms with E-state index in [2.05, 4.69) is 10.6 Å². The van der Waals surface area contributed by atoms with Crippen molar-refractivity contribution in [2.24, 2.45) is 0 Å². The molecule has 0 aromatic heterocycles. The minimum atomic E-state index is 0.185. The molecule has 1 amide bonds. The smallest absolute Gasteiger partial charge is 0.221 e. The fraction of sp³-hybridized carbons (Fsp3) is 0.923. The van der Waals surface area contributed by atoms with Crippen LogP contribution in [0.1, 0.15) is 44.9 Å². The van der Waals surface area contributed by atoms with Gasteiger partial charge in [-0.25, -0.2) is 0 Å². The van der Waals surface area contributed by atoms with Gasteiger partial charge in [0.1, 0.15) is 0 Å². The molecule has 0 aromatic carbocycles. The lowest BCUT2D eigenvalue weighted by atomic mass is 9.92. The molecule has 2 unspecified atom stereocenters. The van der Waals surface area contributed by atoms with Gasteiger partial charge in [-0.1, -0.05) is 12.8 Å². The summed E-state index contributed by atoms with van der Waals surface area (Å²) in [6.07, 6.45) is 8.08. The van der Waals surface area contributed by atoms with E-state index in [1.165, 1.54) is 19.3 Å². The van der Waals surface area contributed by atoms with Crippen LogP contribution in [0.4, 0.5) is 0 Å². The van der Waals surface area contributed by atoms with Crippen LogP contribution in [0.25, 0.3) is 0 Å². The molecule has 2 saturated carbocycles. The minimum absolute atomic E-state index is 0.185. The van der Waals surface area contributed by atoms with Gasteiger partial charge in [0.2, 0.25) is 5.91 Å². The van der Waals surface area contributed by atoms with Gasteiger partial charge in [-0.05, 0) is 25.7 Å². The average Bonchev–Trinajstić information content (AvgIpc) is 3.13. The molecule has 4 nitrogen and oxygen atoms in total. The number of ether oxygens (including phenoxy) is 1. The van der Waals surface area contributed by atoms with Gasteiger partial charge in [0.15, 0.2) is 0 Å². The molecule has 2 rings (SSSR count). The van der Waals surface area contributed by atoms with E-state index in [1.807, 2.05) is 0 Å². The largest absolute Gasteiger partial charge is 0.380 e. The first-order chi connectivity index (χ1) is 8.29. The van der Waals surface area contributed by atoms with Crippen molar-refractivity contribution in [1.82, 2.24) is 10.6 Å². The highest BCUT2D eigenvalue weighted by Gasteiger charge is 2.25. The first-order valence-electron chi connectivity index (χ1n) is 6.85. The Balaban J connectivity index is 1.60. The second kappa shape index (κ2) is 6.36. The molecule has 2 aliphatic carbocycles. The van der Waals surface area contributed by atoms with Crippen LogP contribution in [0.5, 0.6) is 0 Å².